The van der Waals surface area contributed by atoms with E-state index in [1.807, 2.05) is 6.08 Å². The Labute approximate surface area is 362 Å². The quantitative estimate of drug-likeness (QED) is 0.146. The Morgan fingerprint density at radius 1 is 0.452 bits per heavy atom. The Morgan fingerprint density at radius 3 is 1.40 bits per heavy atom. The maximum Gasteiger partial charge on any atom is 0.0726 e. The van der Waals surface area contributed by atoms with E-state index in [-0.39, 0.29) is 0 Å². The van der Waals surface area contributed by atoms with Crippen LogP contribution < -0.4 is 4.90 Å². The lowest BCUT2D eigenvalue weighted by Crippen LogP contribution is -2.26. The van der Waals surface area contributed by atoms with Crippen molar-refractivity contribution in [2.75, 3.05) is 4.90 Å². The maximum absolute atomic E-state index is 4.07. The summed E-state index contributed by atoms with van der Waals surface area (Å²) in [5.74, 6) is 0. The second kappa shape index (κ2) is 14.1. The zero-order valence-corrected chi connectivity index (χ0v) is 34.5. The van der Waals surface area contributed by atoms with Crippen LogP contribution in [0.3, 0.4) is 0 Å². The molecule has 10 aromatic rings. The highest BCUT2D eigenvalue weighted by Gasteiger charge is 2.51. The van der Waals surface area contributed by atoms with Crippen LogP contribution in [0.25, 0.3) is 66.4 Å². The van der Waals surface area contributed by atoms with E-state index in [0.29, 0.717) is 0 Å². The summed E-state index contributed by atoms with van der Waals surface area (Å²) in [5.41, 5.74) is 21.6. The fraction of sp³-hybridized carbons (Fsp3) is 0.0333. The number of nitrogens with zero attached hydrogens (tertiary/aromatic N) is 2. The van der Waals surface area contributed by atoms with Gasteiger partial charge in [0.2, 0.25) is 0 Å². The fourth-order valence-corrected chi connectivity index (χ4v) is 10.7. The standard InChI is InChI=1S/C60H42N2/c1-3-40(4-2)41-25-31-44(32-26-41)61(45-33-27-42(28-34-45)43-29-35-46(36-30-43)62-58-23-13-8-18-52(58)53-19-9-14-24-59(53)62)47-37-38-51-50-17-7-12-22-56(50)60(57(51)39-47)54-20-10-5-15-48(54)49-16-6-11-21-55(49)60/h3-39H,1H2,2H3/b40-4+. The smallest absolute Gasteiger partial charge is 0.0726 e. The number of fused-ring (bicyclic) bond motifs is 13. The summed E-state index contributed by atoms with van der Waals surface area (Å²) in [7, 11) is 0. The van der Waals surface area contributed by atoms with Crippen molar-refractivity contribution in [2.24, 2.45) is 0 Å². The van der Waals surface area contributed by atoms with Gasteiger partial charge >= 0.3 is 0 Å². The first-order chi connectivity index (χ1) is 30.7. The molecule has 0 aliphatic heterocycles. The maximum atomic E-state index is 4.07. The Balaban J connectivity index is 0.982. The molecule has 2 aliphatic carbocycles. The molecule has 1 aromatic heterocycles. The van der Waals surface area contributed by atoms with Gasteiger partial charge in [0.05, 0.1) is 16.4 Å². The zero-order chi connectivity index (χ0) is 41.4. The Kier molecular flexibility index (Phi) is 8.17. The normalized spacial score (nSPS) is 13.2. The average Bonchev–Trinajstić information content (AvgIpc) is 3.95. The summed E-state index contributed by atoms with van der Waals surface area (Å²) >= 11 is 0. The minimum absolute atomic E-state index is 0.426. The van der Waals surface area contributed by atoms with Crippen LogP contribution in [0.5, 0.6) is 0 Å². The number of benzene rings is 9. The van der Waals surface area contributed by atoms with Gasteiger partial charge in [-0.15, -0.1) is 0 Å². The molecule has 1 heterocycles. The van der Waals surface area contributed by atoms with Gasteiger partial charge in [0.1, 0.15) is 0 Å². The van der Waals surface area contributed by atoms with E-state index in [1.165, 1.54) is 77.4 Å². The summed E-state index contributed by atoms with van der Waals surface area (Å²) in [5, 5.41) is 2.54. The lowest BCUT2D eigenvalue weighted by atomic mass is 9.70. The van der Waals surface area contributed by atoms with Crippen molar-refractivity contribution in [1.29, 1.82) is 0 Å². The Bertz CT molecular complexity index is 3300. The Morgan fingerprint density at radius 2 is 0.887 bits per heavy atom. The van der Waals surface area contributed by atoms with Crippen molar-refractivity contribution >= 4 is 44.4 Å². The molecule has 0 unspecified atom stereocenters. The minimum atomic E-state index is -0.426. The van der Waals surface area contributed by atoms with E-state index in [1.54, 1.807) is 0 Å². The highest BCUT2D eigenvalue weighted by molar-refractivity contribution is 6.09. The predicted molar refractivity (Wildman–Crippen MR) is 261 cm³/mol. The minimum Gasteiger partial charge on any atom is -0.310 e. The van der Waals surface area contributed by atoms with Crippen LogP contribution in [0, 0.1) is 0 Å². The molecular weight excluding hydrogens is 749 g/mol. The van der Waals surface area contributed by atoms with Gasteiger partial charge in [-0.1, -0.05) is 170 Å². The molecule has 2 aliphatic rings. The lowest BCUT2D eigenvalue weighted by Gasteiger charge is -2.32. The molecule has 2 nitrogen and oxygen atoms in total. The van der Waals surface area contributed by atoms with Crippen molar-refractivity contribution in [3.63, 3.8) is 0 Å². The fourth-order valence-electron chi connectivity index (χ4n) is 10.7. The second-order valence-electron chi connectivity index (χ2n) is 16.4. The van der Waals surface area contributed by atoms with Gasteiger partial charge in [-0.3, -0.25) is 0 Å². The van der Waals surface area contributed by atoms with Crippen LogP contribution in [-0.2, 0) is 5.41 Å². The van der Waals surface area contributed by atoms with Gasteiger partial charge in [-0.25, -0.2) is 0 Å². The first-order valence-electron chi connectivity index (χ1n) is 21.5. The van der Waals surface area contributed by atoms with E-state index in [9.17, 15) is 0 Å². The van der Waals surface area contributed by atoms with Crippen LogP contribution in [0.4, 0.5) is 17.1 Å². The summed E-state index contributed by atoms with van der Waals surface area (Å²) in [6.07, 6.45) is 4.04. The van der Waals surface area contributed by atoms with Crippen molar-refractivity contribution in [3.8, 4) is 39.1 Å². The van der Waals surface area contributed by atoms with E-state index >= 15 is 0 Å². The molecule has 62 heavy (non-hydrogen) atoms. The molecule has 0 bridgehead atoms. The number of para-hydroxylation sites is 2. The molecule has 0 amide bonds. The first kappa shape index (κ1) is 36.0. The van der Waals surface area contributed by atoms with E-state index < -0.39 is 5.41 Å². The van der Waals surface area contributed by atoms with Crippen LogP contribution in [0.2, 0.25) is 0 Å². The molecule has 292 valence electrons. The van der Waals surface area contributed by atoms with Crippen LogP contribution in [0.15, 0.2) is 231 Å². The largest absolute Gasteiger partial charge is 0.310 e. The van der Waals surface area contributed by atoms with Gasteiger partial charge in [-0.2, -0.15) is 0 Å². The van der Waals surface area contributed by atoms with Crippen LogP contribution in [-0.4, -0.2) is 4.57 Å². The molecular formula is C60H42N2. The van der Waals surface area contributed by atoms with Gasteiger partial charge in [0, 0.05) is 33.5 Å². The van der Waals surface area contributed by atoms with E-state index in [2.05, 4.69) is 241 Å². The van der Waals surface area contributed by atoms with Gasteiger partial charge in [-0.05, 0) is 134 Å². The molecule has 0 saturated carbocycles. The summed E-state index contributed by atoms with van der Waals surface area (Å²) in [6.45, 7) is 6.14. The van der Waals surface area contributed by atoms with Gasteiger partial charge < -0.3 is 9.47 Å². The van der Waals surface area contributed by atoms with Gasteiger partial charge in [0.25, 0.3) is 0 Å². The molecule has 0 N–H and O–H groups in total. The van der Waals surface area contributed by atoms with Crippen LogP contribution >= 0.6 is 0 Å². The third kappa shape index (κ3) is 5.17. The average molecular weight is 791 g/mol. The van der Waals surface area contributed by atoms with Crippen molar-refractivity contribution in [2.45, 2.75) is 12.3 Å². The third-order valence-corrected chi connectivity index (χ3v) is 13.4. The highest BCUT2D eigenvalue weighted by atomic mass is 15.1. The second-order valence-corrected chi connectivity index (χ2v) is 16.4. The topological polar surface area (TPSA) is 8.17 Å². The number of hydrogen-bond acceptors (Lipinski definition) is 1. The summed E-state index contributed by atoms with van der Waals surface area (Å²) < 4.78 is 2.37. The third-order valence-electron chi connectivity index (χ3n) is 13.4. The molecule has 12 rings (SSSR count). The summed E-state index contributed by atoms with van der Waals surface area (Å²) in [6, 6.07) is 78.5. The number of anilines is 3. The van der Waals surface area contributed by atoms with Crippen LogP contribution in [0.1, 0.15) is 34.7 Å². The molecule has 0 saturated heterocycles. The monoisotopic (exact) mass is 790 g/mol. The van der Waals surface area contributed by atoms with E-state index in [0.717, 1.165) is 33.9 Å². The number of hydrogen-bond donors (Lipinski definition) is 0. The molecule has 0 radical (unpaired) electrons. The first-order valence-corrected chi connectivity index (χ1v) is 21.5. The van der Waals surface area contributed by atoms with Crippen molar-refractivity contribution in [3.05, 3.63) is 259 Å². The summed E-state index contributed by atoms with van der Waals surface area (Å²) in [4.78, 5) is 2.41. The number of rotatable bonds is 7. The highest BCUT2D eigenvalue weighted by Crippen LogP contribution is 2.63. The lowest BCUT2D eigenvalue weighted by molar-refractivity contribution is 0.793. The predicted octanol–water partition coefficient (Wildman–Crippen LogP) is 15.9. The SMILES string of the molecule is C=C/C(=C\C)c1ccc(N(c2ccc(-c3ccc(-n4c5ccccc5c5ccccc54)cc3)cc2)c2ccc3c(c2)C2(c4ccccc4-c4ccccc42)c2ccccc2-3)cc1. The van der Waals surface area contributed by atoms with Crippen molar-refractivity contribution < 1.29 is 0 Å². The van der Waals surface area contributed by atoms with Crippen molar-refractivity contribution in [1.82, 2.24) is 4.57 Å². The van der Waals surface area contributed by atoms with Gasteiger partial charge in [0.15, 0.2) is 0 Å². The number of allylic oxidation sites excluding steroid dienone is 3. The Hall–Kier alpha value is -7.94. The molecule has 0 atom stereocenters. The zero-order valence-electron chi connectivity index (χ0n) is 34.5. The molecule has 0 fully saturated rings. The number of aromatic nitrogens is 1. The van der Waals surface area contributed by atoms with E-state index in [4.69, 9.17) is 0 Å². The molecule has 2 heteroatoms. The molecule has 9 aromatic carbocycles. The molecule has 1 spiro atoms.